The molecule has 2 fully saturated rings. The molecule has 1 aliphatic heterocycles. The van der Waals surface area contributed by atoms with E-state index in [1.807, 2.05) is 0 Å². The molecule has 0 spiro atoms. The Morgan fingerprint density at radius 3 is 2.22 bits per heavy atom. The van der Waals surface area contributed by atoms with Crippen molar-refractivity contribution in [1.29, 1.82) is 0 Å². The van der Waals surface area contributed by atoms with Crippen molar-refractivity contribution < 1.29 is 0 Å². The van der Waals surface area contributed by atoms with Crippen LogP contribution in [0.3, 0.4) is 0 Å². The summed E-state index contributed by atoms with van der Waals surface area (Å²) in [7, 11) is 0. The maximum absolute atomic E-state index is 3.87. The fourth-order valence-electron chi connectivity index (χ4n) is 4.00. The molecule has 18 heavy (non-hydrogen) atoms. The summed E-state index contributed by atoms with van der Waals surface area (Å²) in [6.45, 7) is 0. The Kier molecular flexibility index (Phi) is 4.07. The Bertz CT molecular complexity index is 317. The first-order chi connectivity index (χ1) is 8.93. The van der Waals surface area contributed by atoms with E-state index in [0.717, 1.165) is 11.8 Å². The molecular weight excluding hydrogens is 218 g/mol. The van der Waals surface area contributed by atoms with Crippen molar-refractivity contribution in [3.63, 3.8) is 0 Å². The minimum Gasteiger partial charge on any atom is -0.382 e. The van der Waals surface area contributed by atoms with Crippen LogP contribution in [0.15, 0.2) is 23.9 Å². The van der Waals surface area contributed by atoms with Crippen LogP contribution < -0.4 is 5.32 Å². The Labute approximate surface area is 112 Å². The van der Waals surface area contributed by atoms with E-state index >= 15 is 0 Å². The zero-order valence-corrected chi connectivity index (χ0v) is 11.5. The average Bonchev–Trinajstić information content (AvgIpc) is 2.49. The van der Waals surface area contributed by atoms with Gasteiger partial charge >= 0.3 is 0 Å². The van der Waals surface area contributed by atoms with E-state index in [1.165, 1.54) is 64.2 Å². The summed E-state index contributed by atoms with van der Waals surface area (Å²) in [6.07, 6.45) is 21.4. The first-order valence-electron chi connectivity index (χ1n) is 8.08. The van der Waals surface area contributed by atoms with Gasteiger partial charge < -0.3 is 5.32 Å². The number of hydrogen-bond donors (Lipinski definition) is 1. The molecule has 0 aromatic heterocycles. The zero-order chi connectivity index (χ0) is 12.2. The quantitative estimate of drug-likeness (QED) is 0.752. The van der Waals surface area contributed by atoms with Gasteiger partial charge in [-0.15, -0.1) is 0 Å². The number of allylic oxidation sites excluding steroid dienone is 3. The predicted molar refractivity (Wildman–Crippen MR) is 77.3 cm³/mol. The summed E-state index contributed by atoms with van der Waals surface area (Å²) in [5.74, 6) is 1.72. The Hall–Kier alpha value is -0.720. The normalized spacial score (nSPS) is 30.9. The van der Waals surface area contributed by atoms with Gasteiger partial charge in [-0.05, 0) is 43.6 Å². The Balaban J connectivity index is 1.60. The third kappa shape index (κ3) is 2.81. The minimum atomic E-state index is 0.632. The van der Waals surface area contributed by atoms with Crippen molar-refractivity contribution in [1.82, 2.24) is 5.32 Å². The summed E-state index contributed by atoms with van der Waals surface area (Å²) in [6, 6.07) is 0.632. The molecule has 0 saturated heterocycles. The zero-order valence-electron chi connectivity index (χ0n) is 11.5. The summed E-state index contributed by atoms with van der Waals surface area (Å²) in [5.41, 5.74) is 1.55. The molecule has 0 bridgehead atoms. The minimum absolute atomic E-state index is 0.632. The van der Waals surface area contributed by atoms with E-state index in [9.17, 15) is 0 Å². The molecule has 1 atom stereocenters. The standard InChI is InChI=1S/C17H27N/c1-3-8-14(9-4-1)16-12-7-13-17(18-16)15-10-5-2-6-11-15/h7,12-16,18H,1-6,8-11H2. The summed E-state index contributed by atoms with van der Waals surface area (Å²) < 4.78 is 0. The van der Waals surface area contributed by atoms with E-state index in [2.05, 4.69) is 23.5 Å². The summed E-state index contributed by atoms with van der Waals surface area (Å²) in [4.78, 5) is 0. The van der Waals surface area contributed by atoms with Crippen LogP contribution >= 0.6 is 0 Å². The van der Waals surface area contributed by atoms with E-state index < -0.39 is 0 Å². The molecule has 0 aromatic carbocycles. The van der Waals surface area contributed by atoms with Gasteiger partial charge in [0.1, 0.15) is 0 Å². The Morgan fingerprint density at radius 2 is 1.50 bits per heavy atom. The van der Waals surface area contributed by atoms with Crippen LogP contribution in [0.1, 0.15) is 64.2 Å². The van der Waals surface area contributed by atoms with Gasteiger partial charge in [0.15, 0.2) is 0 Å². The lowest BCUT2D eigenvalue weighted by Crippen LogP contribution is -2.38. The lowest BCUT2D eigenvalue weighted by Gasteiger charge is -2.35. The molecule has 1 nitrogen and oxygen atoms in total. The SMILES string of the molecule is C1=CC(C2CCCCC2)NC(C2CCCCC2)=C1. The van der Waals surface area contributed by atoms with Crippen molar-refractivity contribution >= 4 is 0 Å². The van der Waals surface area contributed by atoms with Crippen molar-refractivity contribution in [2.75, 3.05) is 0 Å². The smallest absolute Gasteiger partial charge is 0.0472 e. The lowest BCUT2D eigenvalue weighted by atomic mass is 9.81. The maximum atomic E-state index is 3.87. The molecule has 3 aliphatic rings. The van der Waals surface area contributed by atoms with E-state index in [4.69, 9.17) is 0 Å². The third-order valence-electron chi connectivity index (χ3n) is 5.13. The fraction of sp³-hybridized carbons (Fsp3) is 0.765. The van der Waals surface area contributed by atoms with Crippen molar-refractivity contribution in [2.24, 2.45) is 11.8 Å². The van der Waals surface area contributed by atoms with Crippen LogP contribution in [0.4, 0.5) is 0 Å². The maximum Gasteiger partial charge on any atom is 0.0472 e. The topological polar surface area (TPSA) is 12.0 Å². The summed E-state index contributed by atoms with van der Waals surface area (Å²) in [5, 5.41) is 3.87. The second kappa shape index (κ2) is 5.95. The molecule has 1 heterocycles. The van der Waals surface area contributed by atoms with Crippen LogP contribution in [-0.4, -0.2) is 6.04 Å². The fourth-order valence-corrected chi connectivity index (χ4v) is 4.00. The molecule has 1 heteroatoms. The molecular formula is C17H27N. The number of rotatable bonds is 2. The van der Waals surface area contributed by atoms with Gasteiger partial charge in [0, 0.05) is 11.7 Å². The van der Waals surface area contributed by atoms with Crippen molar-refractivity contribution in [2.45, 2.75) is 70.3 Å². The van der Waals surface area contributed by atoms with Crippen LogP contribution in [0.5, 0.6) is 0 Å². The second-order valence-corrected chi connectivity index (χ2v) is 6.41. The van der Waals surface area contributed by atoms with Crippen LogP contribution in [0.2, 0.25) is 0 Å². The molecule has 0 amide bonds. The molecule has 3 rings (SSSR count). The van der Waals surface area contributed by atoms with Gasteiger partial charge in [0.05, 0.1) is 0 Å². The first kappa shape index (κ1) is 12.3. The van der Waals surface area contributed by atoms with E-state index in [1.54, 1.807) is 5.70 Å². The molecule has 0 aromatic rings. The number of nitrogens with one attached hydrogen (secondary N) is 1. The Morgan fingerprint density at radius 1 is 0.833 bits per heavy atom. The average molecular weight is 245 g/mol. The summed E-state index contributed by atoms with van der Waals surface area (Å²) >= 11 is 0. The monoisotopic (exact) mass is 245 g/mol. The van der Waals surface area contributed by atoms with Crippen molar-refractivity contribution in [3.05, 3.63) is 23.9 Å². The molecule has 2 aliphatic carbocycles. The highest BCUT2D eigenvalue weighted by molar-refractivity contribution is 5.23. The number of hydrogen-bond acceptors (Lipinski definition) is 1. The van der Waals surface area contributed by atoms with Crippen LogP contribution in [0, 0.1) is 11.8 Å². The largest absolute Gasteiger partial charge is 0.382 e. The predicted octanol–water partition coefficient (Wildman–Crippen LogP) is 4.56. The first-order valence-corrected chi connectivity index (χ1v) is 8.08. The third-order valence-corrected chi connectivity index (χ3v) is 5.13. The number of dihydropyridines is 1. The second-order valence-electron chi connectivity index (χ2n) is 6.41. The van der Waals surface area contributed by atoms with Gasteiger partial charge in [-0.2, -0.15) is 0 Å². The lowest BCUT2D eigenvalue weighted by molar-refractivity contribution is 0.294. The highest BCUT2D eigenvalue weighted by Crippen LogP contribution is 2.33. The van der Waals surface area contributed by atoms with Crippen molar-refractivity contribution in [3.8, 4) is 0 Å². The van der Waals surface area contributed by atoms with Crippen LogP contribution in [0.25, 0.3) is 0 Å². The van der Waals surface area contributed by atoms with E-state index in [-0.39, 0.29) is 0 Å². The van der Waals surface area contributed by atoms with Gasteiger partial charge in [0.2, 0.25) is 0 Å². The van der Waals surface area contributed by atoms with Gasteiger partial charge in [-0.1, -0.05) is 50.7 Å². The highest BCUT2D eigenvalue weighted by atomic mass is 14.9. The molecule has 1 unspecified atom stereocenters. The molecule has 100 valence electrons. The highest BCUT2D eigenvalue weighted by Gasteiger charge is 2.26. The molecule has 0 radical (unpaired) electrons. The van der Waals surface area contributed by atoms with Gasteiger partial charge in [-0.25, -0.2) is 0 Å². The van der Waals surface area contributed by atoms with Crippen LogP contribution in [-0.2, 0) is 0 Å². The van der Waals surface area contributed by atoms with Gasteiger partial charge in [-0.3, -0.25) is 0 Å². The van der Waals surface area contributed by atoms with Gasteiger partial charge in [0.25, 0.3) is 0 Å². The van der Waals surface area contributed by atoms with E-state index in [0.29, 0.717) is 6.04 Å². The molecule has 2 saturated carbocycles. The molecule has 1 N–H and O–H groups in total.